The van der Waals surface area contributed by atoms with Crippen LogP contribution in [0.25, 0.3) is 0 Å². The molecule has 1 aliphatic rings. The van der Waals surface area contributed by atoms with Crippen LogP contribution in [0.15, 0.2) is 23.1 Å². The Balaban J connectivity index is 2.35. The van der Waals surface area contributed by atoms with Crippen molar-refractivity contribution in [3.63, 3.8) is 0 Å². The van der Waals surface area contributed by atoms with Gasteiger partial charge in [-0.2, -0.15) is 4.31 Å². The Kier molecular flexibility index (Phi) is 5.07. The zero-order valence-corrected chi connectivity index (χ0v) is 14.0. The largest absolute Gasteiger partial charge is 0.462 e. The van der Waals surface area contributed by atoms with Gasteiger partial charge in [0, 0.05) is 13.1 Å². The fourth-order valence-corrected chi connectivity index (χ4v) is 4.19. The van der Waals surface area contributed by atoms with E-state index in [0.717, 1.165) is 18.2 Å². The van der Waals surface area contributed by atoms with Crippen LogP contribution < -0.4 is 5.73 Å². The summed E-state index contributed by atoms with van der Waals surface area (Å²) < 4.78 is 45.2. The van der Waals surface area contributed by atoms with Gasteiger partial charge in [0.05, 0.1) is 17.1 Å². The van der Waals surface area contributed by atoms with Crippen molar-refractivity contribution in [2.24, 2.45) is 11.1 Å². The topological polar surface area (TPSA) is 89.7 Å². The number of nitrogens with two attached hydrogens (primary N) is 1. The van der Waals surface area contributed by atoms with Crippen LogP contribution in [-0.4, -0.2) is 44.9 Å². The Morgan fingerprint density at radius 2 is 2.13 bits per heavy atom. The minimum atomic E-state index is -3.88. The van der Waals surface area contributed by atoms with Crippen LogP contribution in [0.2, 0.25) is 0 Å². The van der Waals surface area contributed by atoms with E-state index in [1.807, 2.05) is 6.92 Å². The molecule has 2 rings (SSSR count). The third-order valence-corrected chi connectivity index (χ3v) is 5.86. The highest BCUT2D eigenvalue weighted by molar-refractivity contribution is 7.89. The second-order valence-corrected chi connectivity index (χ2v) is 7.94. The number of sulfonamides is 1. The number of carbonyl (C=O) groups excluding carboxylic acids is 1. The Bertz CT molecular complexity index is 707. The Morgan fingerprint density at radius 1 is 1.43 bits per heavy atom. The van der Waals surface area contributed by atoms with E-state index < -0.39 is 21.8 Å². The maximum absolute atomic E-state index is 13.8. The van der Waals surface area contributed by atoms with E-state index in [9.17, 15) is 17.6 Å². The van der Waals surface area contributed by atoms with E-state index >= 15 is 0 Å². The molecule has 23 heavy (non-hydrogen) atoms. The average Bonchev–Trinajstić information content (AvgIpc) is 2.91. The SMILES string of the molecule is CCOC(=O)c1cc(F)cc(S(=O)(=O)N2CCC(C)(CN)C2)c1. The molecule has 1 aromatic carbocycles. The lowest BCUT2D eigenvalue weighted by molar-refractivity contribution is 0.0525. The van der Waals surface area contributed by atoms with Gasteiger partial charge >= 0.3 is 5.97 Å². The number of hydrogen-bond acceptors (Lipinski definition) is 5. The predicted octanol–water partition coefficient (Wildman–Crippen LogP) is 1.36. The van der Waals surface area contributed by atoms with Gasteiger partial charge in [0.15, 0.2) is 0 Å². The van der Waals surface area contributed by atoms with E-state index in [-0.39, 0.29) is 29.0 Å². The zero-order chi connectivity index (χ0) is 17.3. The molecule has 0 aliphatic carbocycles. The van der Waals surface area contributed by atoms with E-state index in [2.05, 4.69) is 0 Å². The molecule has 0 spiro atoms. The molecule has 0 radical (unpaired) electrons. The summed E-state index contributed by atoms with van der Waals surface area (Å²) in [4.78, 5) is 11.5. The lowest BCUT2D eigenvalue weighted by Gasteiger charge is -2.22. The highest BCUT2D eigenvalue weighted by atomic mass is 32.2. The van der Waals surface area contributed by atoms with Gasteiger partial charge in [-0.1, -0.05) is 6.92 Å². The Labute approximate surface area is 135 Å². The number of nitrogens with zero attached hydrogens (tertiary/aromatic N) is 1. The van der Waals surface area contributed by atoms with Crippen LogP contribution >= 0.6 is 0 Å². The number of rotatable bonds is 5. The molecule has 0 bridgehead atoms. The van der Waals surface area contributed by atoms with E-state index in [1.165, 1.54) is 4.31 Å². The van der Waals surface area contributed by atoms with Crippen molar-refractivity contribution >= 4 is 16.0 Å². The van der Waals surface area contributed by atoms with Crippen molar-refractivity contribution in [3.8, 4) is 0 Å². The molecule has 0 aromatic heterocycles. The second-order valence-electron chi connectivity index (χ2n) is 6.00. The summed E-state index contributed by atoms with van der Waals surface area (Å²) in [5, 5.41) is 0. The van der Waals surface area contributed by atoms with E-state index in [1.54, 1.807) is 6.92 Å². The first-order valence-corrected chi connectivity index (χ1v) is 8.84. The van der Waals surface area contributed by atoms with Gasteiger partial charge in [-0.05, 0) is 43.5 Å². The summed E-state index contributed by atoms with van der Waals surface area (Å²) in [5.74, 6) is -1.55. The van der Waals surface area contributed by atoms with Gasteiger partial charge in [-0.15, -0.1) is 0 Å². The third-order valence-electron chi connectivity index (χ3n) is 4.04. The fraction of sp³-hybridized carbons (Fsp3) is 0.533. The molecule has 6 nitrogen and oxygen atoms in total. The number of benzene rings is 1. The van der Waals surface area contributed by atoms with Crippen LogP contribution in [-0.2, 0) is 14.8 Å². The van der Waals surface area contributed by atoms with Gasteiger partial charge in [0.2, 0.25) is 10.0 Å². The molecule has 1 unspecified atom stereocenters. The van der Waals surface area contributed by atoms with Crippen molar-refractivity contribution in [2.45, 2.75) is 25.2 Å². The molecule has 0 saturated carbocycles. The maximum atomic E-state index is 13.8. The summed E-state index contributed by atoms with van der Waals surface area (Å²) >= 11 is 0. The van der Waals surface area contributed by atoms with Crippen molar-refractivity contribution in [1.82, 2.24) is 4.31 Å². The first kappa shape index (κ1) is 17.8. The minimum Gasteiger partial charge on any atom is -0.462 e. The monoisotopic (exact) mass is 344 g/mol. The molecule has 1 fully saturated rings. The van der Waals surface area contributed by atoms with Crippen molar-refractivity contribution < 1.29 is 22.3 Å². The molecule has 1 aliphatic heterocycles. The van der Waals surface area contributed by atoms with Crippen LogP contribution in [0.3, 0.4) is 0 Å². The standard InChI is InChI=1S/C15H21FN2O4S/c1-3-22-14(19)11-6-12(16)8-13(7-11)23(20,21)18-5-4-15(2,9-17)10-18/h6-8H,3-5,9-10,17H2,1-2H3. The summed E-state index contributed by atoms with van der Waals surface area (Å²) in [6.45, 7) is 4.62. The highest BCUT2D eigenvalue weighted by Gasteiger charge is 2.39. The third kappa shape index (κ3) is 3.70. The molecule has 1 heterocycles. The van der Waals surface area contributed by atoms with E-state index in [0.29, 0.717) is 19.5 Å². The number of esters is 1. The summed E-state index contributed by atoms with van der Waals surface area (Å²) in [6, 6.07) is 3.02. The molecular formula is C15H21FN2O4S. The predicted molar refractivity (Wildman–Crippen MR) is 82.9 cm³/mol. The number of carbonyl (C=O) groups is 1. The lowest BCUT2D eigenvalue weighted by Crippen LogP contribution is -2.34. The van der Waals surface area contributed by atoms with Gasteiger partial charge in [-0.3, -0.25) is 0 Å². The lowest BCUT2D eigenvalue weighted by atomic mass is 9.90. The zero-order valence-electron chi connectivity index (χ0n) is 13.2. The van der Waals surface area contributed by atoms with Gasteiger partial charge in [-0.25, -0.2) is 17.6 Å². The first-order valence-electron chi connectivity index (χ1n) is 7.40. The number of ether oxygens (including phenoxy) is 1. The van der Waals surface area contributed by atoms with Crippen LogP contribution in [0.1, 0.15) is 30.6 Å². The molecule has 128 valence electrons. The van der Waals surface area contributed by atoms with Crippen molar-refractivity contribution in [2.75, 3.05) is 26.2 Å². The molecular weight excluding hydrogens is 323 g/mol. The second kappa shape index (κ2) is 6.54. The summed E-state index contributed by atoms with van der Waals surface area (Å²) in [6.07, 6.45) is 0.642. The average molecular weight is 344 g/mol. The van der Waals surface area contributed by atoms with Gasteiger partial charge in [0.1, 0.15) is 5.82 Å². The molecule has 2 N–H and O–H groups in total. The molecule has 1 aromatic rings. The van der Waals surface area contributed by atoms with Gasteiger partial charge < -0.3 is 10.5 Å². The summed E-state index contributed by atoms with van der Waals surface area (Å²) in [5.41, 5.74) is 5.28. The smallest absolute Gasteiger partial charge is 0.338 e. The van der Waals surface area contributed by atoms with Crippen LogP contribution in [0.5, 0.6) is 0 Å². The highest BCUT2D eigenvalue weighted by Crippen LogP contribution is 2.32. The van der Waals surface area contributed by atoms with Crippen molar-refractivity contribution in [1.29, 1.82) is 0 Å². The van der Waals surface area contributed by atoms with Crippen molar-refractivity contribution in [3.05, 3.63) is 29.6 Å². The van der Waals surface area contributed by atoms with Crippen LogP contribution in [0.4, 0.5) is 4.39 Å². The maximum Gasteiger partial charge on any atom is 0.338 e. The molecule has 0 amide bonds. The Hall–Kier alpha value is -1.51. The normalized spacial score (nSPS) is 22.3. The number of halogens is 1. The van der Waals surface area contributed by atoms with E-state index in [4.69, 9.17) is 10.5 Å². The molecule has 1 saturated heterocycles. The minimum absolute atomic E-state index is 0.119. The quantitative estimate of drug-likeness (QED) is 0.815. The molecule has 8 heteroatoms. The fourth-order valence-electron chi connectivity index (χ4n) is 2.54. The van der Waals surface area contributed by atoms with Crippen LogP contribution in [0, 0.1) is 11.2 Å². The number of hydrogen-bond donors (Lipinski definition) is 1. The van der Waals surface area contributed by atoms with Gasteiger partial charge in [0.25, 0.3) is 0 Å². The molecule has 1 atom stereocenters. The first-order chi connectivity index (χ1) is 10.7. The Morgan fingerprint density at radius 3 is 2.70 bits per heavy atom. The summed E-state index contributed by atoms with van der Waals surface area (Å²) in [7, 11) is -3.88.